The Morgan fingerprint density at radius 3 is 2.90 bits per heavy atom. The zero-order valence-electron chi connectivity index (χ0n) is 10.7. The number of carbonyl (C=O) groups is 2. The third-order valence-corrected chi connectivity index (χ3v) is 3.58. The van der Waals surface area contributed by atoms with Gasteiger partial charge in [0.15, 0.2) is 0 Å². The van der Waals surface area contributed by atoms with E-state index < -0.39 is 5.97 Å². The molecule has 108 valence electrons. The van der Waals surface area contributed by atoms with Gasteiger partial charge in [-0.25, -0.2) is 4.79 Å². The van der Waals surface area contributed by atoms with Crippen LogP contribution in [0.4, 0.5) is 5.69 Å². The maximum Gasteiger partial charge on any atom is 0.335 e. The van der Waals surface area contributed by atoms with Gasteiger partial charge in [-0.15, -0.1) is 0 Å². The summed E-state index contributed by atoms with van der Waals surface area (Å²) in [7, 11) is 0. The van der Waals surface area contributed by atoms with E-state index in [1.165, 1.54) is 12.1 Å². The Morgan fingerprint density at radius 1 is 1.50 bits per heavy atom. The third-order valence-electron chi connectivity index (χ3n) is 2.92. The molecule has 1 aliphatic heterocycles. The van der Waals surface area contributed by atoms with Gasteiger partial charge in [0.25, 0.3) is 0 Å². The molecule has 1 amide bonds. The molecule has 2 rings (SSSR count). The molecule has 1 fully saturated rings. The third kappa shape index (κ3) is 4.03. The van der Waals surface area contributed by atoms with Crippen LogP contribution in [0.2, 0.25) is 0 Å². The number of anilines is 1. The molecule has 1 aromatic rings. The van der Waals surface area contributed by atoms with Crippen LogP contribution in [-0.2, 0) is 9.53 Å². The Kier molecular flexibility index (Phi) is 5.11. The summed E-state index contributed by atoms with van der Waals surface area (Å²) in [6.45, 7) is 1.93. The first-order chi connectivity index (χ1) is 9.56. The minimum atomic E-state index is -1.01. The van der Waals surface area contributed by atoms with Gasteiger partial charge in [-0.3, -0.25) is 4.79 Å². The maximum atomic E-state index is 11.9. The quantitative estimate of drug-likeness (QED) is 0.771. The molecule has 7 heteroatoms. The molecule has 0 saturated carbocycles. The van der Waals surface area contributed by atoms with E-state index >= 15 is 0 Å². The van der Waals surface area contributed by atoms with Gasteiger partial charge in [0, 0.05) is 23.5 Å². The summed E-state index contributed by atoms with van der Waals surface area (Å²) in [5.41, 5.74) is 0.717. The molecule has 0 aromatic heterocycles. The summed E-state index contributed by atoms with van der Waals surface area (Å²) < 4.78 is 5.82. The van der Waals surface area contributed by atoms with Crippen LogP contribution in [0.3, 0.4) is 0 Å². The van der Waals surface area contributed by atoms with E-state index in [2.05, 4.69) is 26.6 Å². The van der Waals surface area contributed by atoms with E-state index in [9.17, 15) is 9.59 Å². The highest BCUT2D eigenvalue weighted by Crippen LogP contribution is 2.24. The summed E-state index contributed by atoms with van der Waals surface area (Å²) in [5, 5.41) is 14.8. The first-order valence-corrected chi connectivity index (χ1v) is 6.99. The first-order valence-electron chi connectivity index (χ1n) is 6.20. The molecule has 1 unspecified atom stereocenters. The minimum absolute atomic E-state index is 0.0146. The highest BCUT2D eigenvalue weighted by molar-refractivity contribution is 9.10. The molecule has 6 nitrogen and oxygen atoms in total. The Morgan fingerprint density at radius 2 is 2.30 bits per heavy atom. The van der Waals surface area contributed by atoms with Gasteiger partial charge in [-0.05, 0) is 34.1 Å². The number of hydrogen-bond acceptors (Lipinski definition) is 4. The SMILES string of the molecule is O=C(CC1COCCN1)Nc1ccc(C(=O)O)cc1Br. The van der Waals surface area contributed by atoms with E-state index in [1.807, 2.05) is 0 Å². The van der Waals surface area contributed by atoms with E-state index in [0.717, 1.165) is 6.54 Å². The molecule has 0 spiro atoms. The lowest BCUT2D eigenvalue weighted by molar-refractivity contribution is -0.117. The van der Waals surface area contributed by atoms with Gasteiger partial charge in [0.2, 0.25) is 5.91 Å². The van der Waals surface area contributed by atoms with Gasteiger partial charge in [-0.1, -0.05) is 0 Å². The molecule has 0 aliphatic carbocycles. The maximum absolute atomic E-state index is 11.9. The van der Waals surface area contributed by atoms with Crippen LogP contribution in [0.5, 0.6) is 0 Å². The molecule has 1 atom stereocenters. The second-order valence-corrected chi connectivity index (χ2v) is 5.33. The molecule has 0 bridgehead atoms. The number of nitrogens with one attached hydrogen (secondary N) is 2. The minimum Gasteiger partial charge on any atom is -0.478 e. The van der Waals surface area contributed by atoms with Gasteiger partial charge in [0.1, 0.15) is 0 Å². The van der Waals surface area contributed by atoms with E-state index in [4.69, 9.17) is 9.84 Å². The van der Waals surface area contributed by atoms with Crippen LogP contribution in [0.15, 0.2) is 22.7 Å². The van der Waals surface area contributed by atoms with Crippen LogP contribution in [0, 0.1) is 0 Å². The zero-order valence-corrected chi connectivity index (χ0v) is 12.3. The van der Waals surface area contributed by atoms with Crippen molar-refractivity contribution in [3.05, 3.63) is 28.2 Å². The highest BCUT2D eigenvalue weighted by Gasteiger charge is 2.17. The van der Waals surface area contributed by atoms with Crippen molar-refractivity contribution >= 4 is 33.5 Å². The van der Waals surface area contributed by atoms with Gasteiger partial charge in [-0.2, -0.15) is 0 Å². The van der Waals surface area contributed by atoms with Crippen LogP contribution in [0.1, 0.15) is 16.8 Å². The summed E-state index contributed by atoms with van der Waals surface area (Å²) in [6.07, 6.45) is 0.313. The predicted molar refractivity (Wildman–Crippen MR) is 77.0 cm³/mol. The number of morpholine rings is 1. The fourth-order valence-electron chi connectivity index (χ4n) is 1.93. The van der Waals surface area contributed by atoms with Crippen molar-refractivity contribution in [2.45, 2.75) is 12.5 Å². The second kappa shape index (κ2) is 6.83. The fraction of sp³-hybridized carbons (Fsp3) is 0.385. The molecule has 20 heavy (non-hydrogen) atoms. The predicted octanol–water partition coefficient (Wildman–Crippen LogP) is 1.46. The standard InChI is InChI=1S/C13H15BrN2O4/c14-10-5-8(13(18)19)1-2-11(10)16-12(17)6-9-7-20-4-3-15-9/h1-2,5,9,15H,3-4,6-7H2,(H,16,17)(H,18,19). The summed E-state index contributed by atoms with van der Waals surface area (Å²) in [6, 6.07) is 4.49. The van der Waals surface area contributed by atoms with Crippen LogP contribution in [-0.4, -0.2) is 42.8 Å². The average molecular weight is 343 g/mol. The lowest BCUT2D eigenvalue weighted by Gasteiger charge is -2.23. The van der Waals surface area contributed by atoms with Crippen LogP contribution in [0.25, 0.3) is 0 Å². The monoisotopic (exact) mass is 342 g/mol. The number of hydrogen-bond donors (Lipinski definition) is 3. The number of aromatic carboxylic acids is 1. The van der Waals surface area contributed by atoms with Crippen molar-refractivity contribution in [3.8, 4) is 0 Å². The number of carbonyl (C=O) groups excluding carboxylic acids is 1. The first kappa shape index (κ1) is 15.0. The lowest BCUT2D eigenvalue weighted by Crippen LogP contribution is -2.43. The van der Waals surface area contributed by atoms with Crippen molar-refractivity contribution in [2.75, 3.05) is 25.1 Å². The van der Waals surface area contributed by atoms with E-state index in [-0.39, 0.29) is 17.5 Å². The summed E-state index contributed by atoms with van der Waals surface area (Å²) >= 11 is 3.25. The van der Waals surface area contributed by atoms with Gasteiger partial charge >= 0.3 is 5.97 Å². The Bertz CT molecular complexity index is 515. The largest absolute Gasteiger partial charge is 0.478 e. The number of amides is 1. The Balaban J connectivity index is 1.95. The number of benzene rings is 1. The Hall–Kier alpha value is -1.44. The van der Waals surface area contributed by atoms with Crippen molar-refractivity contribution in [2.24, 2.45) is 0 Å². The normalized spacial score (nSPS) is 18.6. The number of rotatable bonds is 4. The highest BCUT2D eigenvalue weighted by atomic mass is 79.9. The molecule has 1 aliphatic rings. The zero-order chi connectivity index (χ0) is 14.5. The molecule has 1 heterocycles. The van der Waals surface area contributed by atoms with Crippen molar-refractivity contribution in [3.63, 3.8) is 0 Å². The summed E-state index contributed by atoms with van der Waals surface area (Å²) in [5.74, 6) is -1.15. The smallest absolute Gasteiger partial charge is 0.335 e. The summed E-state index contributed by atoms with van der Waals surface area (Å²) in [4.78, 5) is 22.7. The Labute approximate surface area is 124 Å². The lowest BCUT2D eigenvalue weighted by atomic mass is 10.1. The second-order valence-electron chi connectivity index (χ2n) is 4.48. The molecular weight excluding hydrogens is 328 g/mol. The topological polar surface area (TPSA) is 87.7 Å². The van der Waals surface area contributed by atoms with Gasteiger partial charge in [0.05, 0.1) is 24.5 Å². The number of halogens is 1. The van der Waals surface area contributed by atoms with E-state index in [0.29, 0.717) is 29.8 Å². The number of carboxylic acids is 1. The molecule has 3 N–H and O–H groups in total. The average Bonchev–Trinajstić information content (AvgIpc) is 2.42. The van der Waals surface area contributed by atoms with Crippen LogP contribution < -0.4 is 10.6 Å². The van der Waals surface area contributed by atoms with Crippen molar-refractivity contribution < 1.29 is 19.4 Å². The fourth-order valence-corrected chi connectivity index (χ4v) is 2.40. The molecular formula is C13H15BrN2O4. The molecule has 1 saturated heterocycles. The van der Waals surface area contributed by atoms with E-state index in [1.54, 1.807) is 6.07 Å². The van der Waals surface area contributed by atoms with Crippen molar-refractivity contribution in [1.29, 1.82) is 0 Å². The molecule has 1 aromatic carbocycles. The van der Waals surface area contributed by atoms with Crippen LogP contribution >= 0.6 is 15.9 Å². The van der Waals surface area contributed by atoms with Crippen molar-refractivity contribution in [1.82, 2.24) is 5.32 Å². The number of ether oxygens (including phenoxy) is 1. The number of carboxylic acid groups (broad SMARTS) is 1. The van der Waals surface area contributed by atoms with Gasteiger partial charge < -0.3 is 20.5 Å². The molecule has 0 radical (unpaired) electrons.